The maximum atomic E-state index is 14.1. The molecule has 1 aromatic heterocycles. The van der Waals surface area contributed by atoms with Gasteiger partial charge < -0.3 is 15.4 Å². The van der Waals surface area contributed by atoms with Crippen molar-refractivity contribution in [3.63, 3.8) is 0 Å². The molecular formula is C26H37N7O4. The van der Waals surface area contributed by atoms with Crippen molar-refractivity contribution in [3.8, 4) is 0 Å². The van der Waals surface area contributed by atoms with Crippen LogP contribution in [0, 0.1) is 0 Å². The Bertz CT molecular complexity index is 1120. The van der Waals surface area contributed by atoms with Gasteiger partial charge in [-0.1, -0.05) is 44.1 Å². The smallest absolute Gasteiger partial charge is 0.328 e. The number of hydrogen-bond donors (Lipinski definition) is 2. The Kier molecular flexibility index (Phi) is 8.13. The molecule has 1 fully saturated rings. The summed E-state index contributed by atoms with van der Waals surface area (Å²) in [5.41, 5.74) is 7.52. The van der Waals surface area contributed by atoms with Gasteiger partial charge in [-0.3, -0.25) is 19.6 Å². The summed E-state index contributed by atoms with van der Waals surface area (Å²) < 4.78 is 5.04. The number of hydrazine groups is 1. The number of nitrogens with zero attached hydrogens (tertiary/aromatic N) is 6. The van der Waals surface area contributed by atoms with Crippen molar-refractivity contribution in [2.45, 2.75) is 58.2 Å². The highest BCUT2D eigenvalue weighted by Crippen LogP contribution is 2.42. The Morgan fingerprint density at radius 2 is 1.97 bits per heavy atom. The molecule has 2 atom stereocenters. The number of nitrogens with two attached hydrogens (primary N) is 1. The van der Waals surface area contributed by atoms with Crippen LogP contribution in [0.2, 0.25) is 0 Å². The lowest BCUT2D eigenvalue weighted by molar-refractivity contribution is -0.151. The highest BCUT2D eigenvalue weighted by Gasteiger charge is 2.62. The first-order chi connectivity index (χ1) is 17.9. The predicted molar refractivity (Wildman–Crippen MR) is 139 cm³/mol. The number of aromatic nitrogens is 1. The molecular weight excluding hydrogens is 474 g/mol. The third-order valence-corrected chi connectivity index (χ3v) is 7.20. The monoisotopic (exact) mass is 511 g/mol. The van der Waals surface area contributed by atoms with E-state index in [2.05, 4.69) is 5.16 Å². The SMILES string of the molecule is CCCN1C(=O)C2N(N(CC)CCO)C(Cc3cnoc3)=NC2(CC)N(CCc2ccccc2N)C1=O. The molecule has 2 unspecified atom stereocenters. The fourth-order valence-corrected chi connectivity index (χ4v) is 5.40. The second-order valence-corrected chi connectivity index (χ2v) is 9.36. The van der Waals surface area contributed by atoms with Crippen LogP contribution in [0.5, 0.6) is 0 Å². The molecule has 0 saturated carbocycles. The largest absolute Gasteiger partial charge is 0.399 e. The first kappa shape index (κ1) is 26.6. The summed E-state index contributed by atoms with van der Waals surface area (Å²) in [6.07, 6.45) is 5.17. The molecule has 1 saturated heterocycles. The number of likely N-dealkylation sites (N-methyl/N-ethyl adjacent to an activating group) is 1. The van der Waals surface area contributed by atoms with Gasteiger partial charge in [-0.05, 0) is 30.9 Å². The third kappa shape index (κ3) is 4.80. The summed E-state index contributed by atoms with van der Waals surface area (Å²) in [4.78, 5) is 36.2. The normalized spacial score (nSPS) is 21.7. The van der Waals surface area contributed by atoms with E-state index in [-0.39, 0.29) is 18.5 Å². The second kappa shape index (κ2) is 11.3. The highest BCUT2D eigenvalue weighted by atomic mass is 16.5. The molecule has 4 rings (SSSR count). The molecule has 0 aliphatic carbocycles. The van der Waals surface area contributed by atoms with Gasteiger partial charge >= 0.3 is 6.03 Å². The Morgan fingerprint density at radius 1 is 1.19 bits per heavy atom. The number of hydrogen-bond acceptors (Lipinski definition) is 9. The maximum Gasteiger partial charge on any atom is 0.328 e. The van der Waals surface area contributed by atoms with E-state index in [4.69, 9.17) is 15.2 Å². The number of nitrogen functional groups attached to an aromatic ring is 1. The van der Waals surface area contributed by atoms with Crippen LogP contribution in [0.4, 0.5) is 10.5 Å². The van der Waals surface area contributed by atoms with Gasteiger partial charge in [0.2, 0.25) is 0 Å². The number of carbonyl (C=O) groups is 2. The number of anilines is 1. The Hall–Kier alpha value is -3.44. The van der Waals surface area contributed by atoms with Crippen LogP contribution in [0.25, 0.3) is 0 Å². The number of rotatable bonds is 12. The van der Waals surface area contributed by atoms with Gasteiger partial charge in [0.25, 0.3) is 5.91 Å². The van der Waals surface area contributed by atoms with Crippen LogP contribution in [0.15, 0.2) is 46.2 Å². The van der Waals surface area contributed by atoms with Crippen LogP contribution < -0.4 is 5.73 Å². The van der Waals surface area contributed by atoms with Crippen LogP contribution >= 0.6 is 0 Å². The molecule has 1 aromatic carbocycles. The van der Waals surface area contributed by atoms with Crippen molar-refractivity contribution in [1.82, 2.24) is 25.0 Å². The number of fused-ring (bicyclic) bond motifs is 1. The van der Waals surface area contributed by atoms with Crippen LogP contribution in [-0.2, 0) is 17.6 Å². The van der Waals surface area contributed by atoms with E-state index in [1.54, 1.807) is 17.4 Å². The van der Waals surface area contributed by atoms with Gasteiger partial charge in [-0.2, -0.15) is 0 Å². The molecule has 2 aliphatic heterocycles. The van der Waals surface area contributed by atoms with Crippen molar-refractivity contribution in [2.75, 3.05) is 38.5 Å². The average Bonchev–Trinajstić information content (AvgIpc) is 3.53. The zero-order valence-electron chi connectivity index (χ0n) is 21.8. The van der Waals surface area contributed by atoms with Gasteiger partial charge in [0.1, 0.15) is 12.1 Å². The molecule has 37 heavy (non-hydrogen) atoms. The number of benzene rings is 1. The van der Waals surface area contributed by atoms with Gasteiger partial charge in [-0.25, -0.2) is 14.8 Å². The molecule has 2 aromatic rings. The number of aliphatic imine (C=N–C) groups is 1. The molecule has 200 valence electrons. The third-order valence-electron chi connectivity index (χ3n) is 7.20. The van der Waals surface area contributed by atoms with Crippen molar-refractivity contribution in [3.05, 3.63) is 47.9 Å². The number of amidine groups is 1. The molecule has 3 amide bonds. The maximum absolute atomic E-state index is 14.1. The molecule has 0 spiro atoms. The van der Waals surface area contributed by atoms with Crippen molar-refractivity contribution in [1.29, 1.82) is 0 Å². The fraction of sp³-hybridized carbons (Fsp3) is 0.538. The number of amides is 3. The zero-order chi connectivity index (χ0) is 26.6. The van der Waals surface area contributed by atoms with Gasteiger partial charge in [0, 0.05) is 43.9 Å². The minimum Gasteiger partial charge on any atom is -0.399 e. The molecule has 3 N–H and O–H groups in total. The predicted octanol–water partition coefficient (Wildman–Crippen LogP) is 2.13. The lowest BCUT2D eigenvalue weighted by atomic mass is 9.91. The van der Waals surface area contributed by atoms with E-state index < -0.39 is 11.7 Å². The lowest BCUT2D eigenvalue weighted by Crippen LogP contribution is -2.74. The minimum atomic E-state index is -1.10. The number of carbonyl (C=O) groups excluding carboxylic acids is 2. The van der Waals surface area contributed by atoms with Gasteiger partial charge in [0.05, 0.1) is 12.8 Å². The Morgan fingerprint density at radius 3 is 2.59 bits per heavy atom. The number of aliphatic hydroxyl groups is 1. The summed E-state index contributed by atoms with van der Waals surface area (Å²) in [6, 6.07) is 6.52. The summed E-state index contributed by atoms with van der Waals surface area (Å²) in [5.74, 6) is 0.360. The molecule has 3 heterocycles. The minimum absolute atomic E-state index is 0.0838. The lowest BCUT2D eigenvalue weighted by Gasteiger charge is -2.51. The quantitative estimate of drug-likeness (QED) is 0.414. The topological polar surface area (TPSA) is 132 Å². The van der Waals surface area contributed by atoms with Crippen molar-refractivity contribution < 1.29 is 19.2 Å². The van der Waals surface area contributed by atoms with E-state index in [1.807, 2.05) is 55.1 Å². The summed E-state index contributed by atoms with van der Waals surface area (Å²) >= 11 is 0. The van der Waals surface area contributed by atoms with Crippen LogP contribution in [0.1, 0.15) is 44.7 Å². The number of aliphatic hydroxyl groups excluding tert-OH is 1. The van der Waals surface area contributed by atoms with Crippen molar-refractivity contribution in [2.24, 2.45) is 4.99 Å². The summed E-state index contributed by atoms with van der Waals surface area (Å²) in [5, 5.41) is 17.5. The first-order valence-electron chi connectivity index (χ1n) is 13.0. The summed E-state index contributed by atoms with van der Waals surface area (Å²) in [7, 11) is 0. The highest BCUT2D eigenvalue weighted by molar-refractivity contribution is 6.05. The zero-order valence-corrected chi connectivity index (χ0v) is 21.8. The van der Waals surface area contributed by atoms with E-state index in [9.17, 15) is 14.7 Å². The van der Waals surface area contributed by atoms with Crippen molar-refractivity contribution >= 4 is 23.5 Å². The number of imide groups is 1. The average molecular weight is 512 g/mol. The Balaban J connectivity index is 1.81. The van der Waals surface area contributed by atoms with E-state index in [0.29, 0.717) is 63.4 Å². The molecule has 11 heteroatoms. The van der Waals surface area contributed by atoms with E-state index >= 15 is 0 Å². The molecule has 0 bridgehead atoms. The molecule has 2 aliphatic rings. The van der Waals surface area contributed by atoms with Crippen LogP contribution in [0.3, 0.4) is 0 Å². The number of para-hydroxylation sites is 1. The molecule has 11 nitrogen and oxygen atoms in total. The molecule has 0 radical (unpaired) electrons. The van der Waals surface area contributed by atoms with Gasteiger partial charge in [-0.15, -0.1) is 0 Å². The van der Waals surface area contributed by atoms with Crippen LogP contribution in [-0.4, -0.2) is 92.3 Å². The Labute approximate surface area is 217 Å². The number of urea groups is 1. The van der Waals surface area contributed by atoms with E-state index in [0.717, 1.165) is 11.1 Å². The first-order valence-corrected chi connectivity index (χ1v) is 13.0. The fourth-order valence-electron chi connectivity index (χ4n) is 5.40. The summed E-state index contributed by atoms with van der Waals surface area (Å²) in [6.45, 7) is 7.34. The second-order valence-electron chi connectivity index (χ2n) is 9.36. The van der Waals surface area contributed by atoms with E-state index in [1.165, 1.54) is 4.90 Å². The van der Waals surface area contributed by atoms with Gasteiger partial charge in [0.15, 0.2) is 11.7 Å². The standard InChI is InChI=1S/C26H37N7O4/c1-4-12-31-24(35)23-26(5-2,32(25(31)36)13-11-20-9-7-8-10-21(20)27)29-22(16-19-17-28-37-18-19)33(23)30(6-3)14-15-34/h7-10,17-18,23,34H,4-6,11-16,27H2,1-3H3.